The fourth-order valence-electron chi connectivity index (χ4n) is 3.67. The topological polar surface area (TPSA) is 44.8 Å². The van der Waals surface area contributed by atoms with Crippen LogP contribution in [0.1, 0.15) is 25.7 Å². The van der Waals surface area contributed by atoms with Crippen LogP contribution in [0.15, 0.2) is 11.8 Å². The van der Waals surface area contributed by atoms with Crippen molar-refractivity contribution in [2.45, 2.75) is 71.1 Å². The number of ketones is 1. The molecular weight excluding hydrogens is 348 g/mol. The van der Waals surface area contributed by atoms with Gasteiger partial charge in [-0.05, 0) is 70.0 Å². The molecule has 0 aromatic heterocycles. The van der Waals surface area contributed by atoms with Gasteiger partial charge in [0.2, 0.25) is 8.32 Å². The minimum atomic E-state index is -1.76. The number of carbonyl (C=O) groups excluding carboxylic acids is 1. The maximum atomic E-state index is 13.0. The van der Waals surface area contributed by atoms with E-state index in [9.17, 15) is 4.79 Å². The predicted octanol–water partition coefficient (Wildman–Crippen LogP) is 4.31. The van der Waals surface area contributed by atoms with Crippen LogP contribution in [0.25, 0.3) is 0 Å². The molecule has 2 aliphatic carbocycles. The molecule has 0 unspecified atom stereocenters. The lowest BCUT2D eigenvalue weighted by atomic mass is 9.59. The van der Waals surface area contributed by atoms with Gasteiger partial charge in [-0.25, -0.2) is 0 Å². The molecule has 0 aromatic carbocycles. The first-order chi connectivity index (χ1) is 11.5. The summed E-state index contributed by atoms with van der Waals surface area (Å²) in [5.41, 5.74) is -0.793. The Hall–Kier alpha value is -1.04. The van der Waals surface area contributed by atoms with Gasteiger partial charge in [0.1, 0.15) is 11.5 Å². The van der Waals surface area contributed by atoms with Crippen molar-refractivity contribution >= 4 is 22.4 Å². The predicted molar refractivity (Wildman–Crippen MR) is 105 cm³/mol. The summed E-state index contributed by atoms with van der Waals surface area (Å²) in [4.78, 5) is 13.0. The molecule has 0 amide bonds. The third-order valence-corrected chi connectivity index (χ3v) is 6.19. The average Bonchev–Trinajstić information content (AvgIpc) is 2.45. The van der Waals surface area contributed by atoms with E-state index >= 15 is 0 Å². The van der Waals surface area contributed by atoms with Gasteiger partial charge in [0.25, 0.3) is 8.32 Å². The summed E-state index contributed by atoms with van der Waals surface area (Å²) in [6, 6.07) is 0. The van der Waals surface area contributed by atoms with Gasteiger partial charge >= 0.3 is 0 Å². The average molecular weight is 381 g/mol. The van der Waals surface area contributed by atoms with Crippen molar-refractivity contribution in [2.24, 2.45) is 11.3 Å². The highest BCUT2D eigenvalue weighted by molar-refractivity contribution is 6.70. The van der Waals surface area contributed by atoms with Crippen LogP contribution >= 0.6 is 0 Å². The van der Waals surface area contributed by atoms with Gasteiger partial charge in [0.05, 0.1) is 11.9 Å². The van der Waals surface area contributed by atoms with Crippen molar-refractivity contribution in [2.75, 3.05) is 7.11 Å². The number of fused-ring (bicyclic) bond motifs is 1. The first-order valence-electron chi connectivity index (χ1n) is 9.14. The van der Waals surface area contributed by atoms with Gasteiger partial charge in [0.15, 0.2) is 5.78 Å². The van der Waals surface area contributed by atoms with Gasteiger partial charge in [-0.1, -0.05) is 0 Å². The highest BCUT2D eigenvalue weighted by Crippen LogP contribution is 2.49. The molecule has 0 bridgehead atoms. The fraction of sp³-hybridized carbons (Fsp3) is 0.737. The third-order valence-electron chi connectivity index (χ3n) is 4.60. The number of ether oxygens (including phenoxy) is 1. The maximum absolute atomic E-state index is 13.0. The molecule has 0 saturated heterocycles. The van der Waals surface area contributed by atoms with Crippen molar-refractivity contribution < 1.29 is 18.4 Å². The highest BCUT2D eigenvalue weighted by atomic mass is 28.4. The molecule has 0 aromatic rings. The molecule has 0 radical (unpaired) electrons. The zero-order valence-electron chi connectivity index (χ0n) is 16.7. The molecule has 0 aliphatic heterocycles. The Bertz CT molecular complexity index is 604. The molecular formula is C19H32O4Si2. The van der Waals surface area contributed by atoms with Gasteiger partial charge in [-0.2, -0.15) is 0 Å². The third kappa shape index (κ3) is 4.78. The Balaban J connectivity index is 2.42. The lowest BCUT2D eigenvalue weighted by molar-refractivity contribution is -0.139. The molecule has 1 saturated carbocycles. The van der Waals surface area contributed by atoms with Crippen LogP contribution < -0.4 is 0 Å². The van der Waals surface area contributed by atoms with E-state index in [4.69, 9.17) is 13.6 Å². The van der Waals surface area contributed by atoms with Crippen molar-refractivity contribution in [3.8, 4) is 12.0 Å². The number of allylic oxidation sites excluding steroid dienone is 1. The number of methoxy groups -OCH3 is 1. The van der Waals surface area contributed by atoms with E-state index in [1.807, 2.05) is 6.08 Å². The lowest BCUT2D eigenvalue weighted by Gasteiger charge is -2.46. The standard InChI is InChI=1S/C19H32O4Si2/c1-21-18-14-16(23-25(5,6)7)13-15-9-8-10-17(20)19(15,18)11-12-22-24(2,3)4/h14-15,18H,8-10,13H2,1-7H3/t15-,18+,19+/m0/s1. The van der Waals surface area contributed by atoms with Gasteiger partial charge in [0, 0.05) is 20.0 Å². The zero-order chi connectivity index (χ0) is 18.9. The second-order valence-electron chi connectivity index (χ2n) is 9.03. The van der Waals surface area contributed by atoms with Gasteiger partial charge in [-0.15, -0.1) is 0 Å². The maximum Gasteiger partial charge on any atom is 0.255 e. The summed E-state index contributed by atoms with van der Waals surface area (Å²) in [7, 11) is -1.81. The van der Waals surface area contributed by atoms with E-state index in [0.717, 1.165) is 25.0 Å². The number of hydrogen-bond acceptors (Lipinski definition) is 4. The molecule has 0 spiro atoms. The SMILES string of the molecule is CO[C@@H]1C=C(O[Si](C)(C)C)C[C@@H]2CCCC(=O)[C@@]21C#CO[Si](C)(C)C. The molecule has 0 N–H and O–H groups in total. The summed E-state index contributed by atoms with van der Waals surface area (Å²) in [6.07, 6.45) is 7.72. The normalized spacial score (nSPS) is 29.9. The highest BCUT2D eigenvalue weighted by Gasteiger charge is 2.54. The van der Waals surface area contributed by atoms with Crippen LogP contribution in [0.5, 0.6) is 0 Å². The van der Waals surface area contributed by atoms with Gasteiger partial charge in [-0.3, -0.25) is 4.79 Å². The minimum absolute atomic E-state index is 0.132. The molecule has 140 valence electrons. The zero-order valence-corrected chi connectivity index (χ0v) is 18.7. The Morgan fingerprint density at radius 1 is 1.16 bits per heavy atom. The molecule has 4 nitrogen and oxygen atoms in total. The molecule has 6 heteroatoms. The van der Waals surface area contributed by atoms with E-state index in [-0.39, 0.29) is 17.8 Å². The molecule has 2 rings (SSSR count). The minimum Gasteiger partial charge on any atom is -0.547 e. The Morgan fingerprint density at radius 3 is 2.40 bits per heavy atom. The van der Waals surface area contributed by atoms with E-state index in [2.05, 4.69) is 51.3 Å². The van der Waals surface area contributed by atoms with E-state index < -0.39 is 22.0 Å². The summed E-state index contributed by atoms with van der Waals surface area (Å²) in [5.74, 6) is 4.51. The monoisotopic (exact) mass is 380 g/mol. The molecule has 1 fully saturated rings. The van der Waals surface area contributed by atoms with Crippen molar-refractivity contribution in [1.82, 2.24) is 0 Å². The summed E-state index contributed by atoms with van der Waals surface area (Å²) in [5, 5.41) is 0. The molecule has 0 heterocycles. The van der Waals surface area contributed by atoms with Crippen molar-refractivity contribution in [3.05, 3.63) is 11.8 Å². The van der Waals surface area contributed by atoms with E-state index in [0.29, 0.717) is 6.42 Å². The lowest BCUT2D eigenvalue weighted by Crippen LogP contribution is -2.52. The van der Waals surface area contributed by atoms with Crippen LogP contribution in [0, 0.1) is 23.4 Å². The number of hydrogen-bond donors (Lipinski definition) is 0. The Morgan fingerprint density at radius 2 is 1.84 bits per heavy atom. The van der Waals surface area contributed by atoms with Crippen LogP contribution in [-0.2, 0) is 18.4 Å². The molecule has 2 aliphatic rings. The van der Waals surface area contributed by atoms with Crippen LogP contribution in [0.3, 0.4) is 0 Å². The first-order valence-corrected chi connectivity index (χ1v) is 16.0. The number of Topliss-reactive ketones (excluding diaryl/α,β-unsaturated/α-hetero) is 1. The summed E-state index contributed by atoms with van der Waals surface area (Å²) in [6.45, 7) is 12.8. The Labute approximate surface area is 154 Å². The van der Waals surface area contributed by atoms with E-state index in [1.165, 1.54) is 0 Å². The molecule has 3 atom stereocenters. The Kier molecular flexibility index (Phi) is 5.92. The van der Waals surface area contributed by atoms with Crippen molar-refractivity contribution in [3.63, 3.8) is 0 Å². The summed E-state index contributed by atoms with van der Waals surface area (Å²) < 4.78 is 17.7. The second kappa shape index (κ2) is 7.30. The smallest absolute Gasteiger partial charge is 0.255 e. The summed E-state index contributed by atoms with van der Waals surface area (Å²) >= 11 is 0. The number of carbonyl (C=O) groups is 1. The second-order valence-corrected chi connectivity index (χ2v) is 17.9. The first kappa shape index (κ1) is 20.3. The largest absolute Gasteiger partial charge is 0.547 e. The fourth-order valence-corrected chi connectivity index (χ4v) is 4.96. The van der Waals surface area contributed by atoms with Crippen LogP contribution in [0.4, 0.5) is 0 Å². The van der Waals surface area contributed by atoms with Crippen LogP contribution in [0.2, 0.25) is 39.3 Å². The van der Waals surface area contributed by atoms with E-state index in [1.54, 1.807) is 7.11 Å². The molecule has 25 heavy (non-hydrogen) atoms. The quantitative estimate of drug-likeness (QED) is 0.538. The van der Waals surface area contributed by atoms with Crippen molar-refractivity contribution in [1.29, 1.82) is 0 Å². The van der Waals surface area contributed by atoms with Gasteiger partial charge < -0.3 is 13.6 Å². The van der Waals surface area contributed by atoms with Crippen LogP contribution in [-0.4, -0.2) is 35.6 Å². The number of rotatable bonds is 4.